The number of carbonyl (C=O) groups is 2. The highest BCUT2D eigenvalue weighted by molar-refractivity contribution is 7.99. The van der Waals surface area contributed by atoms with E-state index in [1.54, 1.807) is 17.5 Å². The van der Waals surface area contributed by atoms with Crippen LogP contribution in [0.1, 0.15) is 10.4 Å². The largest absolute Gasteiger partial charge is 0.465 e. The van der Waals surface area contributed by atoms with Gasteiger partial charge >= 0.3 is 5.97 Å². The Morgan fingerprint density at radius 3 is 2.73 bits per heavy atom. The number of rotatable bonds is 6. The maximum Gasteiger partial charge on any atom is 0.341 e. The molecule has 0 aliphatic carbocycles. The van der Waals surface area contributed by atoms with Gasteiger partial charge in [-0.05, 0) is 29.8 Å². The van der Waals surface area contributed by atoms with Gasteiger partial charge in [-0.25, -0.2) is 9.18 Å². The summed E-state index contributed by atoms with van der Waals surface area (Å²) >= 11 is 4.00. The lowest BCUT2D eigenvalue weighted by Crippen LogP contribution is -2.16. The van der Waals surface area contributed by atoms with Gasteiger partial charge in [-0.2, -0.15) is 0 Å². The van der Waals surface area contributed by atoms with Crippen LogP contribution in [0.5, 0.6) is 0 Å². The van der Waals surface area contributed by atoms with Gasteiger partial charge in [-0.3, -0.25) is 9.20 Å². The molecule has 0 spiro atoms. The van der Waals surface area contributed by atoms with E-state index < -0.39 is 5.97 Å². The molecule has 0 unspecified atom stereocenters. The van der Waals surface area contributed by atoms with Crippen LogP contribution in [-0.2, 0) is 9.53 Å². The van der Waals surface area contributed by atoms with Crippen molar-refractivity contribution in [3.63, 3.8) is 0 Å². The van der Waals surface area contributed by atoms with Gasteiger partial charge < -0.3 is 10.1 Å². The number of hydrogen-bond donors (Lipinski definition) is 1. The molecule has 7 nitrogen and oxygen atoms in total. The summed E-state index contributed by atoms with van der Waals surface area (Å²) in [6.07, 6.45) is 0. The van der Waals surface area contributed by atoms with Crippen LogP contribution in [0.4, 0.5) is 9.39 Å². The van der Waals surface area contributed by atoms with Crippen molar-refractivity contribution >= 4 is 66.5 Å². The minimum Gasteiger partial charge on any atom is -0.465 e. The molecule has 5 aromatic rings. The summed E-state index contributed by atoms with van der Waals surface area (Å²) in [6, 6.07) is 13.7. The number of methoxy groups -OCH3 is 1. The number of carbonyl (C=O) groups excluding carboxylic acids is 2. The van der Waals surface area contributed by atoms with Crippen molar-refractivity contribution in [1.82, 2.24) is 14.6 Å². The highest BCUT2D eigenvalue weighted by Crippen LogP contribution is 2.36. The first-order valence-electron chi connectivity index (χ1n) is 9.66. The predicted molar refractivity (Wildman–Crippen MR) is 129 cm³/mol. The third-order valence-electron chi connectivity index (χ3n) is 4.83. The maximum atomic E-state index is 13.3. The van der Waals surface area contributed by atoms with Crippen molar-refractivity contribution in [2.24, 2.45) is 0 Å². The molecule has 0 aliphatic heterocycles. The van der Waals surface area contributed by atoms with Crippen LogP contribution in [0.25, 0.3) is 26.3 Å². The molecule has 11 heteroatoms. The molecule has 0 aliphatic rings. The van der Waals surface area contributed by atoms with Crippen LogP contribution >= 0.6 is 34.4 Å². The van der Waals surface area contributed by atoms with Gasteiger partial charge in [0.1, 0.15) is 16.4 Å². The van der Waals surface area contributed by atoms with E-state index >= 15 is 0 Å². The molecule has 33 heavy (non-hydrogen) atoms. The van der Waals surface area contributed by atoms with Crippen molar-refractivity contribution in [2.45, 2.75) is 5.16 Å². The predicted octanol–water partition coefficient (Wildman–Crippen LogP) is 5.33. The molecule has 0 saturated carbocycles. The zero-order valence-electron chi connectivity index (χ0n) is 17.1. The summed E-state index contributed by atoms with van der Waals surface area (Å²) in [6.45, 7) is 0. The molecule has 166 valence electrons. The molecule has 0 radical (unpaired) electrons. The highest BCUT2D eigenvalue weighted by atomic mass is 32.2. The zero-order valence-corrected chi connectivity index (χ0v) is 19.5. The molecule has 3 aromatic heterocycles. The minimum atomic E-state index is -0.581. The smallest absolute Gasteiger partial charge is 0.341 e. The van der Waals surface area contributed by atoms with Crippen LogP contribution in [0.2, 0.25) is 0 Å². The van der Waals surface area contributed by atoms with Crippen molar-refractivity contribution in [1.29, 1.82) is 0 Å². The number of nitrogens with one attached hydrogen (secondary N) is 1. The second-order valence-electron chi connectivity index (χ2n) is 6.86. The van der Waals surface area contributed by atoms with E-state index in [9.17, 15) is 14.0 Å². The molecule has 0 bridgehead atoms. The number of esters is 1. The Morgan fingerprint density at radius 1 is 1.15 bits per heavy atom. The lowest BCUT2D eigenvalue weighted by molar-refractivity contribution is -0.113. The molecule has 0 atom stereocenters. The van der Waals surface area contributed by atoms with Crippen LogP contribution in [0.15, 0.2) is 59.1 Å². The Morgan fingerprint density at radius 2 is 1.94 bits per heavy atom. The molecule has 0 fully saturated rings. The van der Waals surface area contributed by atoms with Crippen molar-refractivity contribution in [3.05, 3.63) is 65.3 Å². The van der Waals surface area contributed by atoms with Gasteiger partial charge in [-0.1, -0.05) is 47.4 Å². The quantitative estimate of drug-likeness (QED) is 0.252. The summed E-state index contributed by atoms with van der Waals surface area (Å²) in [4.78, 5) is 25.9. The third-order valence-corrected chi connectivity index (χ3v) is 7.67. The fourth-order valence-corrected chi connectivity index (χ4v) is 6.08. The van der Waals surface area contributed by atoms with E-state index in [2.05, 4.69) is 15.5 Å². The first-order valence-corrected chi connectivity index (χ1v) is 12.3. The third kappa shape index (κ3) is 4.10. The van der Waals surface area contributed by atoms with Gasteiger partial charge in [0.2, 0.25) is 10.9 Å². The number of thiazole rings is 1. The maximum absolute atomic E-state index is 13.3. The van der Waals surface area contributed by atoms with Crippen molar-refractivity contribution in [2.75, 3.05) is 18.2 Å². The summed E-state index contributed by atoms with van der Waals surface area (Å²) < 4.78 is 21.2. The molecule has 0 saturated heterocycles. The van der Waals surface area contributed by atoms with Crippen LogP contribution in [0, 0.1) is 5.82 Å². The highest BCUT2D eigenvalue weighted by Gasteiger charge is 2.23. The average Bonchev–Trinajstić information content (AvgIpc) is 3.51. The zero-order chi connectivity index (χ0) is 22.9. The molecular formula is C22H15FN4O3S3. The molecule has 1 N–H and O–H groups in total. The fraction of sp³-hybridized carbons (Fsp3) is 0.0909. The number of aromatic nitrogens is 3. The number of nitrogens with zero attached hydrogens (tertiary/aromatic N) is 3. The molecular weight excluding hydrogens is 483 g/mol. The average molecular weight is 499 g/mol. The minimum absolute atomic E-state index is 0.0787. The lowest BCUT2D eigenvalue weighted by atomic mass is 10.0. The SMILES string of the molecule is COC(=O)c1c(-c2ccc(F)cc2)csc1NC(=O)CSc1nnc2sc3ccccc3n12. The topological polar surface area (TPSA) is 85.6 Å². The Bertz CT molecular complexity index is 1490. The standard InChI is InChI=1S/C22H15FN4O3S3/c1-30-20(29)18-14(12-6-8-13(23)9-7-12)10-31-19(18)24-17(28)11-32-21-25-26-22-27(21)15-4-2-3-5-16(15)33-22/h2-10H,11H2,1H3,(H,24,28). The van der Waals surface area contributed by atoms with E-state index in [0.717, 1.165) is 15.2 Å². The van der Waals surface area contributed by atoms with Gasteiger partial charge in [0.25, 0.3) is 0 Å². The number of amides is 1. The molecule has 5 rings (SSSR count). The Kier molecular flexibility index (Phi) is 5.83. The number of para-hydroxylation sites is 1. The first kappa shape index (κ1) is 21.6. The number of benzene rings is 2. The van der Waals surface area contributed by atoms with E-state index in [1.165, 1.54) is 53.7 Å². The number of halogens is 1. The molecule has 1 amide bonds. The summed E-state index contributed by atoms with van der Waals surface area (Å²) in [5.41, 5.74) is 2.44. The molecule has 2 aromatic carbocycles. The lowest BCUT2D eigenvalue weighted by Gasteiger charge is -2.07. The van der Waals surface area contributed by atoms with Crippen LogP contribution in [0.3, 0.4) is 0 Å². The second kappa shape index (κ2) is 8.93. The number of anilines is 1. The number of thiophene rings is 1. The monoisotopic (exact) mass is 498 g/mol. The van der Waals surface area contributed by atoms with Crippen molar-refractivity contribution in [3.8, 4) is 11.1 Å². The normalized spacial score (nSPS) is 11.2. The Hall–Kier alpha value is -3.28. The number of fused-ring (bicyclic) bond motifs is 3. The fourth-order valence-electron chi connectivity index (χ4n) is 3.34. The van der Waals surface area contributed by atoms with E-state index in [4.69, 9.17) is 4.74 Å². The van der Waals surface area contributed by atoms with Crippen molar-refractivity contribution < 1.29 is 18.7 Å². The van der Waals surface area contributed by atoms with Gasteiger partial charge in [-0.15, -0.1) is 21.5 Å². The Labute approximate surface area is 199 Å². The number of ether oxygens (including phenoxy) is 1. The Balaban J connectivity index is 1.36. The number of hydrogen-bond acceptors (Lipinski definition) is 8. The van der Waals surface area contributed by atoms with Gasteiger partial charge in [0, 0.05) is 10.9 Å². The van der Waals surface area contributed by atoms with E-state index in [-0.39, 0.29) is 23.0 Å². The van der Waals surface area contributed by atoms with Crippen LogP contribution < -0.4 is 5.32 Å². The van der Waals surface area contributed by atoms with E-state index in [1.807, 2.05) is 28.7 Å². The summed E-state index contributed by atoms with van der Waals surface area (Å²) in [7, 11) is 1.28. The van der Waals surface area contributed by atoms with Crippen LogP contribution in [-0.4, -0.2) is 39.3 Å². The summed E-state index contributed by atoms with van der Waals surface area (Å²) in [5, 5.41) is 13.9. The summed E-state index contributed by atoms with van der Waals surface area (Å²) in [5.74, 6) is -1.17. The van der Waals surface area contributed by atoms with Gasteiger partial charge in [0.05, 0.1) is 23.1 Å². The first-order chi connectivity index (χ1) is 16.0. The number of thioether (sulfide) groups is 1. The molecule has 3 heterocycles. The van der Waals surface area contributed by atoms with E-state index in [0.29, 0.717) is 21.3 Å². The second-order valence-corrected chi connectivity index (χ2v) is 9.69. The van der Waals surface area contributed by atoms with Gasteiger partial charge in [0.15, 0.2) is 5.16 Å².